The standard InChI is InChI=1S/C17H28ClN5O/c1-2-13-17(21-16(19)15(18)20-13)23-10-8-22(9-11-23)7-6-14(24)12-4-3-5-12/h12,14,24H,2-11H2,1H3,(H2,19,21). The number of aliphatic hydroxyl groups excluding tert-OH is 1. The quantitative estimate of drug-likeness (QED) is 0.813. The van der Waals surface area contributed by atoms with Gasteiger partial charge in [0.1, 0.15) is 0 Å². The van der Waals surface area contributed by atoms with E-state index in [0.29, 0.717) is 16.9 Å². The SMILES string of the molecule is CCc1nc(Cl)c(N)nc1N1CCN(CCC(O)C2CCC2)CC1. The Balaban J connectivity index is 1.52. The summed E-state index contributed by atoms with van der Waals surface area (Å²) < 4.78 is 0. The molecule has 1 atom stereocenters. The van der Waals surface area contributed by atoms with Gasteiger partial charge in [-0.05, 0) is 31.6 Å². The second kappa shape index (κ2) is 7.85. The molecule has 0 bridgehead atoms. The molecular formula is C17H28ClN5O. The van der Waals surface area contributed by atoms with E-state index < -0.39 is 0 Å². The Kier molecular flexibility index (Phi) is 5.79. The molecule has 1 unspecified atom stereocenters. The minimum atomic E-state index is -0.120. The fraction of sp³-hybridized carbons (Fsp3) is 0.765. The summed E-state index contributed by atoms with van der Waals surface area (Å²) in [6.45, 7) is 6.79. The van der Waals surface area contributed by atoms with Crippen molar-refractivity contribution in [3.05, 3.63) is 10.8 Å². The minimum absolute atomic E-state index is 0.120. The number of aromatic nitrogens is 2. The second-order valence-electron chi connectivity index (χ2n) is 6.90. The first-order valence-corrected chi connectivity index (χ1v) is 9.43. The zero-order chi connectivity index (χ0) is 17.1. The number of anilines is 2. The van der Waals surface area contributed by atoms with Crippen molar-refractivity contribution in [1.29, 1.82) is 0 Å². The Morgan fingerprint density at radius 1 is 1.25 bits per heavy atom. The zero-order valence-corrected chi connectivity index (χ0v) is 15.2. The van der Waals surface area contributed by atoms with Crippen LogP contribution in [-0.4, -0.2) is 58.8 Å². The van der Waals surface area contributed by atoms with Crippen molar-refractivity contribution in [3.8, 4) is 0 Å². The summed E-state index contributed by atoms with van der Waals surface area (Å²) in [5, 5.41) is 10.5. The lowest BCUT2D eigenvalue weighted by atomic mass is 9.80. The molecule has 134 valence electrons. The monoisotopic (exact) mass is 353 g/mol. The molecule has 0 spiro atoms. The Labute approximate surface area is 149 Å². The minimum Gasteiger partial charge on any atom is -0.393 e. The Bertz CT molecular complexity index is 558. The maximum absolute atomic E-state index is 10.2. The van der Waals surface area contributed by atoms with Crippen LogP contribution in [-0.2, 0) is 6.42 Å². The summed E-state index contributed by atoms with van der Waals surface area (Å²) in [7, 11) is 0. The maximum Gasteiger partial charge on any atom is 0.171 e. The second-order valence-corrected chi connectivity index (χ2v) is 7.26. The highest BCUT2D eigenvalue weighted by Crippen LogP contribution is 2.31. The Morgan fingerprint density at radius 3 is 2.54 bits per heavy atom. The fourth-order valence-electron chi connectivity index (χ4n) is 3.50. The summed E-state index contributed by atoms with van der Waals surface area (Å²) in [4.78, 5) is 13.5. The molecule has 1 aromatic heterocycles. The first-order valence-electron chi connectivity index (χ1n) is 9.05. The average Bonchev–Trinajstić information content (AvgIpc) is 2.54. The molecule has 0 radical (unpaired) electrons. The fourth-order valence-corrected chi connectivity index (χ4v) is 3.64. The molecule has 0 amide bonds. The van der Waals surface area contributed by atoms with Crippen LogP contribution in [0.4, 0.5) is 11.6 Å². The molecule has 24 heavy (non-hydrogen) atoms. The number of aryl methyl sites for hydroxylation is 1. The van der Waals surface area contributed by atoms with E-state index in [4.69, 9.17) is 17.3 Å². The number of nitrogens with two attached hydrogens (primary N) is 1. The normalized spacial score (nSPS) is 20.9. The van der Waals surface area contributed by atoms with E-state index in [2.05, 4.69) is 26.7 Å². The third-order valence-electron chi connectivity index (χ3n) is 5.37. The van der Waals surface area contributed by atoms with E-state index in [1.807, 2.05) is 0 Å². The zero-order valence-electron chi connectivity index (χ0n) is 14.4. The average molecular weight is 354 g/mol. The Hall–Kier alpha value is -1.11. The van der Waals surface area contributed by atoms with E-state index in [9.17, 15) is 5.11 Å². The maximum atomic E-state index is 10.2. The van der Waals surface area contributed by atoms with Crippen molar-refractivity contribution in [3.63, 3.8) is 0 Å². The lowest BCUT2D eigenvalue weighted by Crippen LogP contribution is -2.48. The number of nitrogens with zero attached hydrogens (tertiary/aromatic N) is 4. The van der Waals surface area contributed by atoms with Gasteiger partial charge in [-0.25, -0.2) is 9.97 Å². The number of rotatable bonds is 6. The molecule has 1 aliphatic carbocycles. The molecule has 1 aromatic rings. The molecule has 1 saturated carbocycles. The van der Waals surface area contributed by atoms with Gasteiger partial charge in [-0.1, -0.05) is 24.9 Å². The van der Waals surface area contributed by atoms with Crippen LogP contribution in [0.1, 0.15) is 38.3 Å². The highest BCUT2D eigenvalue weighted by molar-refractivity contribution is 6.31. The summed E-state index contributed by atoms with van der Waals surface area (Å²) >= 11 is 5.99. The molecule has 6 nitrogen and oxygen atoms in total. The molecule has 2 fully saturated rings. The third-order valence-corrected chi connectivity index (χ3v) is 5.65. The number of aliphatic hydroxyl groups is 1. The van der Waals surface area contributed by atoms with Gasteiger partial charge >= 0.3 is 0 Å². The number of nitrogen functional groups attached to an aromatic ring is 1. The molecular weight excluding hydrogens is 326 g/mol. The van der Waals surface area contributed by atoms with E-state index in [1.165, 1.54) is 19.3 Å². The molecule has 7 heteroatoms. The number of piperazine rings is 1. The summed E-state index contributed by atoms with van der Waals surface area (Å²) in [5.74, 6) is 1.72. The van der Waals surface area contributed by atoms with Crippen LogP contribution in [0.3, 0.4) is 0 Å². The van der Waals surface area contributed by atoms with Gasteiger partial charge in [-0.15, -0.1) is 0 Å². The first kappa shape index (κ1) is 17.7. The predicted molar refractivity (Wildman–Crippen MR) is 97.5 cm³/mol. The van der Waals surface area contributed by atoms with Crippen LogP contribution in [0.2, 0.25) is 5.15 Å². The van der Waals surface area contributed by atoms with Crippen molar-refractivity contribution >= 4 is 23.2 Å². The number of hydrogen-bond acceptors (Lipinski definition) is 6. The number of hydrogen-bond donors (Lipinski definition) is 2. The summed E-state index contributed by atoms with van der Waals surface area (Å²) in [6, 6.07) is 0. The third kappa shape index (κ3) is 3.92. The first-order chi connectivity index (χ1) is 11.6. The predicted octanol–water partition coefficient (Wildman–Crippen LogP) is 1.95. The van der Waals surface area contributed by atoms with Gasteiger partial charge in [0.25, 0.3) is 0 Å². The van der Waals surface area contributed by atoms with Crippen molar-refractivity contribution in [2.75, 3.05) is 43.4 Å². The molecule has 2 aliphatic rings. The van der Waals surface area contributed by atoms with Gasteiger partial charge in [-0.2, -0.15) is 0 Å². The van der Waals surface area contributed by atoms with Crippen LogP contribution in [0, 0.1) is 5.92 Å². The van der Waals surface area contributed by atoms with Crippen LogP contribution in [0.5, 0.6) is 0 Å². The van der Waals surface area contributed by atoms with Crippen LogP contribution < -0.4 is 10.6 Å². The van der Waals surface area contributed by atoms with Crippen molar-refractivity contribution in [1.82, 2.24) is 14.9 Å². The van der Waals surface area contributed by atoms with E-state index in [0.717, 1.165) is 57.1 Å². The van der Waals surface area contributed by atoms with E-state index in [1.54, 1.807) is 0 Å². The van der Waals surface area contributed by atoms with Gasteiger partial charge in [0.2, 0.25) is 0 Å². The summed E-state index contributed by atoms with van der Waals surface area (Å²) in [6.07, 6.45) is 5.24. The topological polar surface area (TPSA) is 78.5 Å². The van der Waals surface area contributed by atoms with Crippen LogP contribution in [0.15, 0.2) is 0 Å². The smallest absolute Gasteiger partial charge is 0.171 e. The molecule has 3 N–H and O–H groups in total. The summed E-state index contributed by atoms with van der Waals surface area (Å²) in [5.41, 5.74) is 6.74. The lowest BCUT2D eigenvalue weighted by Gasteiger charge is -2.37. The van der Waals surface area contributed by atoms with Gasteiger partial charge in [-0.3, -0.25) is 4.90 Å². The number of halogens is 1. The van der Waals surface area contributed by atoms with Gasteiger partial charge in [0.05, 0.1) is 11.8 Å². The van der Waals surface area contributed by atoms with Crippen LogP contribution >= 0.6 is 11.6 Å². The van der Waals surface area contributed by atoms with Crippen molar-refractivity contribution < 1.29 is 5.11 Å². The highest BCUT2D eigenvalue weighted by Gasteiger charge is 2.27. The van der Waals surface area contributed by atoms with Crippen molar-refractivity contribution in [2.45, 2.75) is 45.1 Å². The van der Waals surface area contributed by atoms with Gasteiger partial charge in [0, 0.05) is 32.7 Å². The van der Waals surface area contributed by atoms with E-state index >= 15 is 0 Å². The van der Waals surface area contributed by atoms with Crippen LogP contribution in [0.25, 0.3) is 0 Å². The molecule has 2 heterocycles. The lowest BCUT2D eigenvalue weighted by molar-refractivity contribution is 0.0459. The molecule has 1 aliphatic heterocycles. The van der Waals surface area contributed by atoms with Gasteiger partial charge in [0.15, 0.2) is 16.8 Å². The molecule has 0 aromatic carbocycles. The van der Waals surface area contributed by atoms with Gasteiger partial charge < -0.3 is 15.7 Å². The highest BCUT2D eigenvalue weighted by atomic mass is 35.5. The van der Waals surface area contributed by atoms with Crippen molar-refractivity contribution in [2.24, 2.45) is 5.92 Å². The largest absolute Gasteiger partial charge is 0.393 e. The molecule has 1 saturated heterocycles. The Morgan fingerprint density at radius 2 is 1.96 bits per heavy atom. The van der Waals surface area contributed by atoms with E-state index in [-0.39, 0.29) is 6.10 Å². The molecule has 3 rings (SSSR count).